The summed E-state index contributed by atoms with van der Waals surface area (Å²) in [6.07, 6.45) is 8.55. The third-order valence-electron chi connectivity index (χ3n) is 7.35. The fraction of sp³-hybridized carbons (Fsp3) is 0.429. The van der Waals surface area contributed by atoms with Crippen molar-refractivity contribution in [3.63, 3.8) is 0 Å². The highest BCUT2D eigenvalue weighted by atomic mass is 16.3. The first-order valence-electron chi connectivity index (χ1n) is 11.5. The average molecular weight is 403 g/mol. The van der Waals surface area contributed by atoms with Crippen molar-refractivity contribution in [1.29, 1.82) is 0 Å². The second-order valence-electron chi connectivity index (χ2n) is 9.07. The van der Waals surface area contributed by atoms with Gasteiger partial charge in [-0.1, -0.05) is 80.8 Å². The van der Waals surface area contributed by atoms with Crippen molar-refractivity contribution < 1.29 is 10.2 Å². The monoisotopic (exact) mass is 402 g/mol. The first kappa shape index (κ1) is 20.9. The van der Waals surface area contributed by atoms with Gasteiger partial charge in [-0.15, -0.1) is 0 Å². The zero-order chi connectivity index (χ0) is 21.1. The molecule has 2 aliphatic rings. The quantitative estimate of drug-likeness (QED) is 0.467. The Hall–Kier alpha value is -2.32. The van der Waals surface area contributed by atoms with Gasteiger partial charge in [-0.25, -0.2) is 0 Å². The molecular weight excluding hydrogens is 368 g/mol. The number of aliphatic hydroxyl groups is 1. The molecule has 0 heterocycles. The molecule has 2 aromatic carbocycles. The summed E-state index contributed by atoms with van der Waals surface area (Å²) in [5.74, 6) is 0.462. The minimum atomic E-state index is -0.286. The molecule has 0 aromatic heterocycles. The molecule has 1 fully saturated rings. The Balaban J connectivity index is 1.80. The van der Waals surface area contributed by atoms with Crippen LogP contribution in [0.5, 0.6) is 5.75 Å². The molecule has 1 saturated carbocycles. The van der Waals surface area contributed by atoms with Gasteiger partial charge in [0.05, 0.1) is 6.10 Å². The third kappa shape index (κ3) is 3.63. The summed E-state index contributed by atoms with van der Waals surface area (Å²) < 4.78 is 0. The largest absolute Gasteiger partial charge is 0.508 e. The van der Waals surface area contributed by atoms with Gasteiger partial charge in [0.2, 0.25) is 0 Å². The first-order valence-corrected chi connectivity index (χ1v) is 11.5. The van der Waals surface area contributed by atoms with Gasteiger partial charge in [-0.3, -0.25) is 0 Å². The Bertz CT molecular complexity index is 909. The highest BCUT2D eigenvalue weighted by molar-refractivity contribution is 5.90. The van der Waals surface area contributed by atoms with Crippen LogP contribution in [0.25, 0.3) is 11.1 Å². The number of aliphatic hydroxyl groups excluding tert-OH is 1. The van der Waals surface area contributed by atoms with E-state index in [2.05, 4.69) is 43.8 Å². The van der Waals surface area contributed by atoms with E-state index in [0.717, 1.165) is 36.8 Å². The minimum Gasteiger partial charge on any atom is -0.508 e. The van der Waals surface area contributed by atoms with E-state index in [0.29, 0.717) is 0 Å². The maximum absolute atomic E-state index is 11.0. The fourth-order valence-corrected chi connectivity index (χ4v) is 5.90. The molecule has 2 heteroatoms. The SMILES string of the molecule is C=C(c1ccc(O)cc1)[C@@]12CC[C@@H](O)C1CC(CCCCCC)=C2c1ccccc1. The van der Waals surface area contributed by atoms with Gasteiger partial charge in [0.1, 0.15) is 5.75 Å². The number of rotatable bonds is 8. The van der Waals surface area contributed by atoms with Gasteiger partial charge in [0, 0.05) is 11.3 Å². The summed E-state index contributed by atoms with van der Waals surface area (Å²) in [7, 11) is 0. The summed E-state index contributed by atoms with van der Waals surface area (Å²) in [4.78, 5) is 0. The van der Waals surface area contributed by atoms with Crippen LogP contribution in [0.3, 0.4) is 0 Å². The van der Waals surface area contributed by atoms with E-state index < -0.39 is 0 Å². The van der Waals surface area contributed by atoms with Crippen LogP contribution in [0.4, 0.5) is 0 Å². The van der Waals surface area contributed by atoms with E-state index in [-0.39, 0.29) is 23.2 Å². The number of fused-ring (bicyclic) bond motifs is 1. The molecule has 30 heavy (non-hydrogen) atoms. The third-order valence-corrected chi connectivity index (χ3v) is 7.35. The van der Waals surface area contributed by atoms with Crippen molar-refractivity contribution >= 4 is 11.1 Å². The van der Waals surface area contributed by atoms with Crippen LogP contribution in [0.1, 0.15) is 69.4 Å². The van der Waals surface area contributed by atoms with Crippen molar-refractivity contribution in [3.05, 3.63) is 77.9 Å². The molecule has 3 atom stereocenters. The van der Waals surface area contributed by atoms with Gasteiger partial charge in [-0.05, 0) is 66.5 Å². The second kappa shape index (κ2) is 8.81. The topological polar surface area (TPSA) is 40.5 Å². The molecule has 0 amide bonds. The molecule has 1 unspecified atom stereocenters. The van der Waals surface area contributed by atoms with E-state index >= 15 is 0 Å². The lowest BCUT2D eigenvalue weighted by Crippen LogP contribution is -2.29. The molecule has 2 N–H and O–H groups in total. The second-order valence-corrected chi connectivity index (χ2v) is 9.07. The van der Waals surface area contributed by atoms with Gasteiger partial charge in [-0.2, -0.15) is 0 Å². The van der Waals surface area contributed by atoms with Gasteiger partial charge < -0.3 is 10.2 Å². The van der Waals surface area contributed by atoms with E-state index in [1.807, 2.05) is 12.1 Å². The van der Waals surface area contributed by atoms with E-state index in [1.165, 1.54) is 42.4 Å². The summed E-state index contributed by atoms with van der Waals surface area (Å²) in [6.45, 7) is 6.85. The van der Waals surface area contributed by atoms with Crippen LogP contribution >= 0.6 is 0 Å². The molecule has 0 saturated heterocycles. The Kier molecular flexibility index (Phi) is 6.15. The number of unbranched alkanes of at least 4 members (excludes halogenated alkanes) is 3. The van der Waals surface area contributed by atoms with Crippen LogP contribution in [-0.2, 0) is 0 Å². The Morgan fingerprint density at radius 2 is 1.77 bits per heavy atom. The van der Waals surface area contributed by atoms with Crippen LogP contribution in [0.2, 0.25) is 0 Å². The molecule has 2 nitrogen and oxygen atoms in total. The van der Waals surface area contributed by atoms with Crippen LogP contribution in [0, 0.1) is 11.3 Å². The van der Waals surface area contributed by atoms with E-state index in [9.17, 15) is 10.2 Å². The number of benzene rings is 2. The number of hydrogen-bond acceptors (Lipinski definition) is 2. The minimum absolute atomic E-state index is 0.190. The summed E-state index contributed by atoms with van der Waals surface area (Å²) in [6, 6.07) is 18.2. The number of hydrogen-bond donors (Lipinski definition) is 2. The standard InChI is InChI=1S/C28H34O2/c1-3-4-5-7-12-23-19-25-26(30)17-18-28(25,27(23)22-10-8-6-9-11-22)20(2)21-13-15-24(29)16-14-21/h6,8-11,13-16,25-26,29-30H,2-5,7,12,17-19H2,1H3/t25?,26-,28+/m1/s1. The van der Waals surface area contributed by atoms with E-state index in [1.54, 1.807) is 12.1 Å². The molecule has 2 aliphatic carbocycles. The van der Waals surface area contributed by atoms with Crippen molar-refractivity contribution in [2.75, 3.05) is 0 Å². The Morgan fingerprint density at radius 3 is 2.47 bits per heavy atom. The van der Waals surface area contributed by atoms with Crippen molar-refractivity contribution in [3.8, 4) is 5.75 Å². The lowest BCUT2D eigenvalue weighted by Gasteiger charge is -2.37. The van der Waals surface area contributed by atoms with E-state index in [4.69, 9.17) is 0 Å². The molecule has 4 rings (SSSR count). The Morgan fingerprint density at radius 1 is 1.03 bits per heavy atom. The zero-order valence-corrected chi connectivity index (χ0v) is 18.1. The summed E-state index contributed by atoms with van der Waals surface area (Å²) in [5, 5.41) is 20.8. The molecular formula is C28H34O2. The van der Waals surface area contributed by atoms with Crippen molar-refractivity contribution in [2.24, 2.45) is 11.3 Å². The number of phenols is 1. The molecule has 0 radical (unpaired) electrons. The molecule has 0 spiro atoms. The van der Waals surface area contributed by atoms with Gasteiger partial charge in [0.25, 0.3) is 0 Å². The maximum atomic E-state index is 11.0. The average Bonchev–Trinajstić information content (AvgIpc) is 3.27. The smallest absolute Gasteiger partial charge is 0.115 e. The maximum Gasteiger partial charge on any atom is 0.115 e. The zero-order valence-electron chi connectivity index (χ0n) is 18.1. The highest BCUT2D eigenvalue weighted by Gasteiger charge is 2.56. The fourth-order valence-electron chi connectivity index (χ4n) is 5.90. The summed E-state index contributed by atoms with van der Waals surface area (Å²) in [5.41, 5.74) is 6.14. The predicted octanol–water partition coefficient (Wildman–Crippen LogP) is 6.99. The molecule has 2 aromatic rings. The van der Waals surface area contributed by atoms with Crippen LogP contribution < -0.4 is 0 Å². The lowest BCUT2D eigenvalue weighted by molar-refractivity contribution is 0.120. The van der Waals surface area contributed by atoms with Gasteiger partial charge in [0.15, 0.2) is 0 Å². The van der Waals surface area contributed by atoms with Crippen LogP contribution in [-0.4, -0.2) is 16.3 Å². The normalized spacial score (nSPS) is 25.5. The van der Waals surface area contributed by atoms with Crippen molar-refractivity contribution in [1.82, 2.24) is 0 Å². The predicted molar refractivity (Wildman–Crippen MR) is 125 cm³/mol. The molecule has 0 bridgehead atoms. The summed E-state index contributed by atoms with van der Waals surface area (Å²) >= 11 is 0. The van der Waals surface area contributed by atoms with Crippen LogP contribution in [0.15, 0.2) is 66.7 Å². The first-order chi connectivity index (χ1) is 14.6. The molecule has 0 aliphatic heterocycles. The highest BCUT2D eigenvalue weighted by Crippen LogP contribution is 2.66. The molecule has 158 valence electrons. The number of allylic oxidation sites excluding steroid dienone is 3. The number of phenolic OH excluding ortho intramolecular Hbond substituents is 1. The van der Waals surface area contributed by atoms with Crippen molar-refractivity contribution in [2.45, 2.75) is 64.4 Å². The van der Waals surface area contributed by atoms with Gasteiger partial charge >= 0.3 is 0 Å². The number of aromatic hydroxyl groups is 1. The lowest BCUT2D eigenvalue weighted by atomic mass is 9.66. The Labute approximate surface area is 181 Å².